The predicted octanol–water partition coefficient (Wildman–Crippen LogP) is -0.0897. The summed E-state index contributed by atoms with van der Waals surface area (Å²) >= 11 is 0. The normalized spacial score (nSPS) is 22.1. The first-order valence-electron chi connectivity index (χ1n) is 10.5. The molecule has 174 valence electrons. The average molecular weight is 440 g/mol. The van der Waals surface area contributed by atoms with Crippen LogP contribution in [0.25, 0.3) is 0 Å². The molecule has 1 heterocycles. The Kier molecular flexibility index (Phi) is 8.41. The van der Waals surface area contributed by atoms with Gasteiger partial charge >= 0.3 is 5.97 Å². The zero-order valence-corrected chi connectivity index (χ0v) is 18.2. The Labute approximate surface area is 182 Å². The van der Waals surface area contributed by atoms with Gasteiger partial charge in [0.15, 0.2) is 11.8 Å². The first-order valence-corrected chi connectivity index (χ1v) is 10.5. The van der Waals surface area contributed by atoms with Crippen LogP contribution in [0, 0.1) is 5.41 Å². The van der Waals surface area contributed by atoms with Gasteiger partial charge in [0.25, 0.3) is 0 Å². The summed E-state index contributed by atoms with van der Waals surface area (Å²) in [4.78, 5) is 18.0. The number of aliphatic hydroxyl groups is 1. The second kappa shape index (κ2) is 10.4. The number of aliphatic carboxylic acids is 2. The predicted molar refractivity (Wildman–Crippen MR) is 108 cm³/mol. The largest absolute Gasteiger partial charge is 0.539 e. The Hall–Kier alpha value is -2.20. The molecule has 0 bridgehead atoms. The highest BCUT2D eigenvalue weighted by Crippen LogP contribution is 2.38. The number of hydrogen-bond acceptors (Lipinski definition) is 7. The number of phenols is 1. The summed E-state index contributed by atoms with van der Waals surface area (Å²) in [6, 6.07) is 7.35. The molecule has 0 radical (unpaired) electrons. The summed E-state index contributed by atoms with van der Waals surface area (Å²) in [5, 5.41) is 38.5. The molecule has 31 heavy (non-hydrogen) atoms. The van der Waals surface area contributed by atoms with Crippen LogP contribution in [0.4, 0.5) is 0 Å². The Bertz CT molecular complexity index is 716. The second-order valence-corrected chi connectivity index (χ2v) is 9.17. The fraction of sp³-hybridized carbons (Fsp3) is 0.636. The molecule has 1 aliphatic heterocycles. The van der Waals surface area contributed by atoms with E-state index in [-0.39, 0.29) is 23.0 Å². The lowest BCUT2D eigenvalue weighted by atomic mass is 9.86. The van der Waals surface area contributed by atoms with Crippen LogP contribution in [-0.2, 0) is 19.1 Å². The van der Waals surface area contributed by atoms with Crippen molar-refractivity contribution in [2.75, 3.05) is 13.2 Å². The highest BCUT2D eigenvalue weighted by molar-refractivity contribution is 6.26. The Morgan fingerprint density at radius 2 is 1.61 bits per heavy atom. The Balaban J connectivity index is 0.000000501. The Morgan fingerprint density at radius 3 is 2.06 bits per heavy atom. The molecule has 1 aliphatic carbocycles. The van der Waals surface area contributed by atoms with E-state index < -0.39 is 18.0 Å². The standard InChI is InChI=1S/C20H31NO4.C2H2O4/c1-14(18(23)15-4-6-17(22)7-5-15)21-16-8-10-20(11-9-16)24-12-19(2,3)13-25-20;3-1(4)2(5)6/h4-7,14,16,18,21-23H,8-13H2,1-3H3;(H,3,4)(H,5,6). The molecule has 1 saturated heterocycles. The monoisotopic (exact) mass is 439 g/mol. The molecule has 2 fully saturated rings. The summed E-state index contributed by atoms with van der Waals surface area (Å²) < 4.78 is 12.2. The van der Waals surface area contributed by atoms with E-state index in [1.807, 2.05) is 0 Å². The van der Waals surface area contributed by atoms with Gasteiger partial charge in [-0.1, -0.05) is 26.0 Å². The van der Waals surface area contributed by atoms with Crippen molar-refractivity contribution in [3.63, 3.8) is 0 Å². The maximum absolute atomic E-state index is 10.5. The number of carboxylic acid groups (broad SMARTS) is 2. The van der Waals surface area contributed by atoms with Gasteiger partial charge in [-0.25, -0.2) is 4.79 Å². The van der Waals surface area contributed by atoms with Crippen LogP contribution in [0.5, 0.6) is 5.75 Å². The second-order valence-electron chi connectivity index (χ2n) is 9.17. The lowest BCUT2D eigenvalue weighted by Crippen LogP contribution is -2.95. The van der Waals surface area contributed by atoms with Crippen LogP contribution < -0.4 is 10.4 Å². The third-order valence-electron chi connectivity index (χ3n) is 5.73. The van der Waals surface area contributed by atoms with E-state index in [9.17, 15) is 10.2 Å². The van der Waals surface area contributed by atoms with Gasteiger partial charge in [-0.05, 0) is 24.6 Å². The van der Waals surface area contributed by atoms with E-state index in [0.29, 0.717) is 6.04 Å². The highest BCUT2D eigenvalue weighted by atomic mass is 16.7. The van der Waals surface area contributed by atoms with Crippen molar-refractivity contribution in [3.8, 4) is 5.75 Å². The van der Waals surface area contributed by atoms with E-state index in [0.717, 1.165) is 44.5 Å². The molecule has 0 amide bonds. The van der Waals surface area contributed by atoms with Gasteiger partial charge in [0.2, 0.25) is 0 Å². The molecule has 2 aliphatic rings. The first-order chi connectivity index (χ1) is 14.4. The van der Waals surface area contributed by atoms with Crippen molar-refractivity contribution < 1.29 is 44.8 Å². The number of phenolic OH excluding ortho intramolecular Hbond substituents is 1. The van der Waals surface area contributed by atoms with E-state index >= 15 is 0 Å². The van der Waals surface area contributed by atoms with Gasteiger partial charge in [0.05, 0.1) is 19.3 Å². The first kappa shape index (κ1) is 25.1. The van der Waals surface area contributed by atoms with Gasteiger partial charge in [0, 0.05) is 31.1 Å². The van der Waals surface area contributed by atoms with E-state index in [1.165, 1.54) is 0 Å². The van der Waals surface area contributed by atoms with Crippen molar-refractivity contribution >= 4 is 11.9 Å². The van der Waals surface area contributed by atoms with E-state index in [4.69, 9.17) is 29.3 Å². The smallest absolute Gasteiger partial charge is 0.351 e. The maximum Gasteiger partial charge on any atom is 0.351 e. The SMILES string of the molecule is CC([NH2+]C1CCC2(CC1)OCC(C)(C)CO2)C(O)c1ccc(O)cc1.O=C([O-])C(=O)O. The molecule has 2 unspecified atom stereocenters. The number of benzene rings is 1. The number of quaternary nitrogens is 1. The molecule has 1 saturated carbocycles. The molecule has 1 aromatic carbocycles. The van der Waals surface area contributed by atoms with Gasteiger partial charge in [-0.2, -0.15) is 0 Å². The fourth-order valence-corrected chi connectivity index (χ4v) is 3.81. The molecular formula is C22H33NO8. The number of hydrogen-bond donors (Lipinski definition) is 4. The molecule has 2 atom stereocenters. The van der Waals surface area contributed by atoms with Crippen molar-refractivity contribution in [1.29, 1.82) is 0 Å². The molecular weight excluding hydrogens is 406 g/mol. The van der Waals surface area contributed by atoms with Gasteiger partial charge < -0.3 is 40.0 Å². The van der Waals surface area contributed by atoms with Crippen molar-refractivity contribution in [1.82, 2.24) is 0 Å². The topological polar surface area (TPSA) is 153 Å². The van der Waals surface area contributed by atoms with Crippen molar-refractivity contribution in [2.45, 2.75) is 70.4 Å². The lowest BCUT2D eigenvalue weighted by Gasteiger charge is -2.46. The summed E-state index contributed by atoms with van der Waals surface area (Å²) in [6.07, 6.45) is 3.37. The fourth-order valence-electron chi connectivity index (χ4n) is 3.81. The number of carbonyl (C=O) groups excluding carboxylic acids is 1. The number of aromatic hydroxyl groups is 1. The lowest BCUT2D eigenvalue weighted by molar-refractivity contribution is -0.729. The van der Waals surface area contributed by atoms with Crippen LogP contribution in [0.2, 0.25) is 0 Å². The zero-order valence-electron chi connectivity index (χ0n) is 18.2. The number of ether oxygens (including phenoxy) is 2. The van der Waals surface area contributed by atoms with Crippen molar-refractivity contribution in [3.05, 3.63) is 29.8 Å². The van der Waals surface area contributed by atoms with E-state index in [2.05, 4.69) is 26.1 Å². The quantitative estimate of drug-likeness (QED) is 0.475. The number of rotatable bonds is 4. The minimum absolute atomic E-state index is 0.0655. The van der Waals surface area contributed by atoms with Gasteiger partial charge in [-0.15, -0.1) is 0 Å². The number of carboxylic acids is 2. The van der Waals surface area contributed by atoms with Crippen LogP contribution in [-0.4, -0.2) is 58.3 Å². The third kappa shape index (κ3) is 7.46. The molecule has 3 rings (SSSR count). The summed E-state index contributed by atoms with van der Waals surface area (Å²) in [5.74, 6) is -4.16. The van der Waals surface area contributed by atoms with Crippen LogP contribution >= 0.6 is 0 Å². The number of nitrogens with two attached hydrogens (primary N) is 1. The number of aliphatic hydroxyl groups excluding tert-OH is 1. The minimum Gasteiger partial charge on any atom is -0.539 e. The highest BCUT2D eigenvalue weighted by Gasteiger charge is 2.44. The Morgan fingerprint density at radius 1 is 1.13 bits per heavy atom. The van der Waals surface area contributed by atoms with Gasteiger partial charge in [-0.3, -0.25) is 0 Å². The summed E-state index contributed by atoms with van der Waals surface area (Å²) in [7, 11) is 0. The molecule has 9 heteroatoms. The molecule has 5 N–H and O–H groups in total. The van der Waals surface area contributed by atoms with Crippen LogP contribution in [0.1, 0.15) is 58.1 Å². The average Bonchev–Trinajstić information content (AvgIpc) is 2.72. The van der Waals surface area contributed by atoms with Gasteiger partial charge in [0.1, 0.15) is 17.9 Å². The van der Waals surface area contributed by atoms with Crippen LogP contribution in [0.3, 0.4) is 0 Å². The van der Waals surface area contributed by atoms with Crippen molar-refractivity contribution in [2.24, 2.45) is 5.41 Å². The summed E-state index contributed by atoms with van der Waals surface area (Å²) in [6.45, 7) is 7.92. The summed E-state index contributed by atoms with van der Waals surface area (Å²) in [5.41, 5.74) is 0.951. The molecule has 0 aromatic heterocycles. The maximum atomic E-state index is 10.5. The molecule has 1 spiro atoms. The van der Waals surface area contributed by atoms with E-state index in [1.54, 1.807) is 24.3 Å². The van der Waals surface area contributed by atoms with Crippen LogP contribution in [0.15, 0.2) is 24.3 Å². The minimum atomic E-state index is -2.07. The number of carbonyl (C=O) groups is 2. The zero-order chi connectivity index (χ0) is 23.2. The molecule has 9 nitrogen and oxygen atoms in total. The third-order valence-corrected chi connectivity index (χ3v) is 5.73. The molecule has 1 aromatic rings.